The van der Waals surface area contributed by atoms with E-state index in [4.69, 9.17) is 0 Å². The highest BCUT2D eigenvalue weighted by Crippen LogP contribution is 2.29. The molecule has 1 aliphatic rings. The topological polar surface area (TPSA) is 12.0 Å². The average molecular weight is 285 g/mol. The second-order valence-electron chi connectivity index (χ2n) is 5.76. The minimum atomic E-state index is -4.25. The molecular formula is C16H22F3N. The summed E-state index contributed by atoms with van der Waals surface area (Å²) < 4.78 is 37.4. The number of rotatable bonds is 4. The molecule has 0 spiro atoms. The van der Waals surface area contributed by atoms with Crippen molar-refractivity contribution in [1.82, 2.24) is 5.32 Å². The minimum absolute atomic E-state index is 0.428. The lowest BCUT2D eigenvalue weighted by Gasteiger charge is -2.28. The highest BCUT2D eigenvalue weighted by molar-refractivity contribution is 5.24. The largest absolute Gasteiger partial charge is 0.416 e. The van der Waals surface area contributed by atoms with E-state index in [0.717, 1.165) is 17.7 Å². The molecule has 1 atom stereocenters. The van der Waals surface area contributed by atoms with Gasteiger partial charge >= 0.3 is 6.18 Å². The summed E-state index contributed by atoms with van der Waals surface area (Å²) in [5.74, 6) is 0.707. The van der Waals surface area contributed by atoms with Gasteiger partial charge in [0, 0.05) is 12.6 Å². The summed E-state index contributed by atoms with van der Waals surface area (Å²) in [7, 11) is 0. The molecule has 112 valence electrons. The van der Waals surface area contributed by atoms with Crippen molar-refractivity contribution in [3.63, 3.8) is 0 Å². The van der Waals surface area contributed by atoms with E-state index in [-0.39, 0.29) is 0 Å². The van der Waals surface area contributed by atoms with Crippen LogP contribution < -0.4 is 5.32 Å². The second kappa shape index (κ2) is 6.61. The van der Waals surface area contributed by atoms with Gasteiger partial charge < -0.3 is 5.32 Å². The Morgan fingerprint density at radius 2 is 1.70 bits per heavy atom. The van der Waals surface area contributed by atoms with Gasteiger partial charge in [-0.2, -0.15) is 13.2 Å². The molecule has 0 amide bonds. The zero-order chi connectivity index (χ0) is 14.6. The molecule has 0 saturated heterocycles. The van der Waals surface area contributed by atoms with E-state index in [1.807, 2.05) is 0 Å². The maximum absolute atomic E-state index is 12.5. The molecule has 1 fully saturated rings. The molecule has 1 aliphatic carbocycles. The number of benzene rings is 1. The van der Waals surface area contributed by atoms with E-state index >= 15 is 0 Å². The van der Waals surface area contributed by atoms with Crippen LogP contribution in [-0.4, -0.2) is 6.04 Å². The molecule has 20 heavy (non-hydrogen) atoms. The zero-order valence-electron chi connectivity index (χ0n) is 11.8. The van der Waals surface area contributed by atoms with Gasteiger partial charge in [-0.25, -0.2) is 0 Å². The maximum atomic E-state index is 12.5. The summed E-state index contributed by atoms with van der Waals surface area (Å²) in [5.41, 5.74) is 0.322. The van der Waals surface area contributed by atoms with E-state index in [1.54, 1.807) is 12.1 Å². The second-order valence-corrected chi connectivity index (χ2v) is 5.76. The fourth-order valence-corrected chi connectivity index (χ4v) is 2.89. The Hall–Kier alpha value is -1.03. The summed E-state index contributed by atoms with van der Waals surface area (Å²) in [5, 5.41) is 3.45. The quantitative estimate of drug-likeness (QED) is 0.840. The van der Waals surface area contributed by atoms with Crippen molar-refractivity contribution < 1.29 is 13.2 Å². The van der Waals surface area contributed by atoms with Crippen LogP contribution in [0.2, 0.25) is 0 Å². The summed E-state index contributed by atoms with van der Waals surface area (Å²) in [4.78, 5) is 0. The summed E-state index contributed by atoms with van der Waals surface area (Å²) in [6.07, 6.45) is 2.22. The Balaban J connectivity index is 1.84. The van der Waals surface area contributed by atoms with Gasteiger partial charge in [-0.1, -0.05) is 31.4 Å². The molecule has 1 nitrogen and oxygen atoms in total. The van der Waals surface area contributed by atoms with Gasteiger partial charge in [-0.3, -0.25) is 0 Å². The molecule has 1 N–H and O–H groups in total. The van der Waals surface area contributed by atoms with Crippen LogP contribution in [0.15, 0.2) is 24.3 Å². The third-order valence-corrected chi connectivity index (χ3v) is 4.27. The number of alkyl halides is 3. The van der Waals surface area contributed by atoms with Crippen molar-refractivity contribution in [2.45, 2.75) is 57.8 Å². The molecular weight excluding hydrogens is 263 g/mol. The Morgan fingerprint density at radius 1 is 1.10 bits per heavy atom. The predicted octanol–water partition coefficient (Wildman–Crippen LogP) is 4.76. The van der Waals surface area contributed by atoms with Crippen LogP contribution in [0.3, 0.4) is 0 Å². The van der Waals surface area contributed by atoms with Gasteiger partial charge in [0.15, 0.2) is 0 Å². The van der Waals surface area contributed by atoms with Crippen LogP contribution in [0.25, 0.3) is 0 Å². The molecule has 4 heteroatoms. The standard InChI is InChI=1S/C16H22F3N/c1-12(14-5-3-2-4-6-14)20-11-13-7-9-15(10-8-13)16(17,18)19/h7-10,12,14,20H,2-6,11H2,1H3/t12-/m0/s1. The van der Waals surface area contributed by atoms with Gasteiger partial charge in [0.1, 0.15) is 0 Å². The summed E-state index contributed by atoms with van der Waals surface area (Å²) >= 11 is 0. The molecule has 0 heterocycles. The first kappa shape index (κ1) is 15.4. The third-order valence-electron chi connectivity index (χ3n) is 4.27. The van der Waals surface area contributed by atoms with Crippen LogP contribution >= 0.6 is 0 Å². The van der Waals surface area contributed by atoms with E-state index in [1.165, 1.54) is 32.1 Å². The van der Waals surface area contributed by atoms with Crippen molar-refractivity contribution in [3.05, 3.63) is 35.4 Å². The first-order chi connectivity index (χ1) is 9.47. The normalized spacial score (nSPS) is 19.0. The first-order valence-electron chi connectivity index (χ1n) is 7.36. The average Bonchev–Trinajstić information content (AvgIpc) is 2.45. The molecule has 2 rings (SSSR count). The molecule has 0 unspecified atom stereocenters. The van der Waals surface area contributed by atoms with Crippen LogP contribution in [0.1, 0.15) is 50.2 Å². The van der Waals surface area contributed by atoms with E-state index < -0.39 is 11.7 Å². The monoisotopic (exact) mass is 285 g/mol. The minimum Gasteiger partial charge on any atom is -0.310 e. The van der Waals surface area contributed by atoms with E-state index in [9.17, 15) is 13.2 Å². The van der Waals surface area contributed by atoms with Gasteiger partial charge in [0.05, 0.1) is 5.56 Å². The molecule has 0 radical (unpaired) electrons. The number of halogens is 3. The number of hydrogen-bond donors (Lipinski definition) is 1. The van der Waals surface area contributed by atoms with Crippen molar-refractivity contribution in [2.75, 3.05) is 0 Å². The molecule has 0 aromatic heterocycles. The molecule has 1 aromatic carbocycles. The summed E-state index contributed by atoms with van der Waals surface area (Å²) in [6.45, 7) is 2.82. The highest BCUT2D eigenvalue weighted by Gasteiger charge is 2.29. The SMILES string of the molecule is C[C@H](NCc1ccc(C(F)(F)F)cc1)C1CCCCC1. The lowest BCUT2D eigenvalue weighted by molar-refractivity contribution is -0.137. The smallest absolute Gasteiger partial charge is 0.310 e. The molecule has 1 saturated carbocycles. The zero-order valence-corrected chi connectivity index (χ0v) is 11.8. The van der Waals surface area contributed by atoms with Gasteiger partial charge in [-0.05, 0) is 43.4 Å². The van der Waals surface area contributed by atoms with Crippen LogP contribution in [-0.2, 0) is 12.7 Å². The van der Waals surface area contributed by atoms with Gasteiger partial charge in [-0.15, -0.1) is 0 Å². The Labute approximate surface area is 118 Å². The van der Waals surface area contributed by atoms with Crippen LogP contribution in [0.5, 0.6) is 0 Å². The highest BCUT2D eigenvalue weighted by atomic mass is 19.4. The van der Waals surface area contributed by atoms with Crippen molar-refractivity contribution in [1.29, 1.82) is 0 Å². The fraction of sp³-hybridized carbons (Fsp3) is 0.625. The Kier molecular flexibility index (Phi) is 5.08. The fourth-order valence-electron chi connectivity index (χ4n) is 2.89. The van der Waals surface area contributed by atoms with Crippen molar-refractivity contribution >= 4 is 0 Å². The van der Waals surface area contributed by atoms with Crippen LogP contribution in [0.4, 0.5) is 13.2 Å². The van der Waals surface area contributed by atoms with E-state index in [0.29, 0.717) is 18.5 Å². The Bertz CT molecular complexity index is 405. The van der Waals surface area contributed by atoms with Gasteiger partial charge in [0.2, 0.25) is 0 Å². The molecule has 0 bridgehead atoms. The Morgan fingerprint density at radius 3 is 2.25 bits per heavy atom. The van der Waals surface area contributed by atoms with Crippen molar-refractivity contribution in [3.8, 4) is 0 Å². The number of nitrogens with one attached hydrogen (secondary N) is 1. The van der Waals surface area contributed by atoms with Crippen LogP contribution in [0, 0.1) is 5.92 Å². The number of hydrogen-bond acceptors (Lipinski definition) is 1. The first-order valence-corrected chi connectivity index (χ1v) is 7.36. The molecule has 0 aliphatic heterocycles. The lowest BCUT2D eigenvalue weighted by atomic mass is 9.84. The molecule has 1 aromatic rings. The summed E-state index contributed by atoms with van der Waals surface area (Å²) in [6, 6.07) is 5.86. The van der Waals surface area contributed by atoms with Crippen molar-refractivity contribution in [2.24, 2.45) is 5.92 Å². The predicted molar refractivity (Wildman–Crippen MR) is 74.3 cm³/mol. The van der Waals surface area contributed by atoms with Gasteiger partial charge in [0.25, 0.3) is 0 Å². The third kappa shape index (κ3) is 4.23. The maximum Gasteiger partial charge on any atom is 0.416 e. The lowest BCUT2D eigenvalue weighted by Crippen LogP contribution is -2.34. The van der Waals surface area contributed by atoms with E-state index in [2.05, 4.69) is 12.2 Å².